The maximum Gasteiger partial charge on any atom is 0.324 e. The van der Waals surface area contributed by atoms with Crippen LogP contribution in [0.1, 0.15) is 25.7 Å². The molecule has 2 saturated heterocycles. The van der Waals surface area contributed by atoms with E-state index in [0.717, 1.165) is 56.8 Å². The lowest BCUT2D eigenvalue weighted by molar-refractivity contribution is -0.125. The summed E-state index contributed by atoms with van der Waals surface area (Å²) in [6, 6.07) is 8.50. The normalized spacial score (nSPS) is 20.3. The van der Waals surface area contributed by atoms with Crippen LogP contribution in [-0.2, 0) is 4.79 Å². The van der Waals surface area contributed by atoms with Crippen LogP contribution < -0.4 is 20.3 Å². The fourth-order valence-corrected chi connectivity index (χ4v) is 3.83. The second-order valence-corrected chi connectivity index (χ2v) is 7.43. The number of aromatic nitrogens is 2. The number of nitrogens with zero attached hydrogens (tertiary/aromatic N) is 3. The Morgan fingerprint density at radius 2 is 2.07 bits per heavy atom. The van der Waals surface area contributed by atoms with Crippen molar-refractivity contribution in [2.45, 2.75) is 31.7 Å². The summed E-state index contributed by atoms with van der Waals surface area (Å²) in [4.78, 5) is 19.0. The topological polar surface area (TPSA) is 92.5 Å². The molecule has 1 aromatic heterocycles. The van der Waals surface area contributed by atoms with Crippen LogP contribution in [0.15, 0.2) is 28.8 Å². The van der Waals surface area contributed by atoms with E-state index in [0.29, 0.717) is 17.9 Å². The highest BCUT2D eigenvalue weighted by molar-refractivity contribution is 5.79. The molecule has 8 heteroatoms. The van der Waals surface area contributed by atoms with Gasteiger partial charge in [0, 0.05) is 37.2 Å². The van der Waals surface area contributed by atoms with Gasteiger partial charge in [-0.15, -0.1) is 0 Å². The molecule has 0 unspecified atom stereocenters. The molecule has 2 aliphatic heterocycles. The Hall–Kier alpha value is -2.61. The summed E-state index contributed by atoms with van der Waals surface area (Å²) < 4.78 is 10.6. The van der Waals surface area contributed by atoms with Crippen LogP contribution in [0.25, 0.3) is 11.4 Å². The van der Waals surface area contributed by atoms with Gasteiger partial charge in [0.2, 0.25) is 11.7 Å². The fourth-order valence-electron chi connectivity index (χ4n) is 3.83. The maximum atomic E-state index is 12.4. The minimum absolute atomic E-state index is 0.0571. The van der Waals surface area contributed by atoms with Gasteiger partial charge in [0.15, 0.2) is 0 Å². The van der Waals surface area contributed by atoms with Gasteiger partial charge >= 0.3 is 6.01 Å². The van der Waals surface area contributed by atoms with Crippen molar-refractivity contribution in [1.82, 2.24) is 20.8 Å². The van der Waals surface area contributed by atoms with Crippen LogP contribution in [0.4, 0.5) is 6.01 Å². The standard InChI is InChI=1S/C20H27N5O3/c1-27-17-6-4-14(5-7-17)18-23-20(28-24-18)25-11-8-15(9-12-25)19(26)22-13-16-3-2-10-21-16/h4-7,15-16,21H,2-3,8-13H2,1H3,(H,22,26)/t16-/m1/s1. The Morgan fingerprint density at radius 3 is 2.75 bits per heavy atom. The SMILES string of the molecule is COc1ccc(-c2noc(N3CCC(C(=O)NC[C@H]4CCCN4)CC3)n2)cc1. The molecule has 3 heterocycles. The van der Waals surface area contributed by atoms with Crippen molar-refractivity contribution in [3.8, 4) is 17.1 Å². The molecule has 4 rings (SSSR count). The zero-order valence-electron chi connectivity index (χ0n) is 16.2. The number of hydrogen-bond donors (Lipinski definition) is 2. The van der Waals surface area contributed by atoms with Crippen molar-refractivity contribution in [2.75, 3.05) is 38.2 Å². The molecule has 2 aromatic rings. The first kappa shape index (κ1) is 18.7. The molecule has 0 saturated carbocycles. The van der Waals surface area contributed by atoms with Crippen LogP contribution in [0, 0.1) is 5.92 Å². The van der Waals surface area contributed by atoms with Crippen molar-refractivity contribution in [2.24, 2.45) is 5.92 Å². The lowest BCUT2D eigenvalue weighted by atomic mass is 9.96. The van der Waals surface area contributed by atoms with Gasteiger partial charge in [-0.25, -0.2) is 0 Å². The number of piperidine rings is 1. The van der Waals surface area contributed by atoms with Gasteiger partial charge in [-0.05, 0) is 56.5 Å². The minimum atomic E-state index is 0.0571. The third-order valence-corrected chi connectivity index (χ3v) is 5.58. The summed E-state index contributed by atoms with van der Waals surface area (Å²) in [5.74, 6) is 1.57. The monoisotopic (exact) mass is 385 g/mol. The van der Waals surface area contributed by atoms with Gasteiger partial charge in [-0.3, -0.25) is 4.79 Å². The van der Waals surface area contributed by atoms with E-state index in [1.165, 1.54) is 6.42 Å². The summed E-state index contributed by atoms with van der Waals surface area (Å²) in [6.07, 6.45) is 3.93. The zero-order valence-corrected chi connectivity index (χ0v) is 16.2. The van der Waals surface area contributed by atoms with E-state index >= 15 is 0 Å². The number of benzene rings is 1. The molecule has 0 radical (unpaired) electrons. The van der Waals surface area contributed by atoms with Gasteiger partial charge < -0.3 is 24.8 Å². The summed E-state index contributed by atoms with van der Waals surface area (Å²) in [5.41, 5.74) is 0.880. The molecule has 1 amide bonds. The number of ether oxygens (including phenoxy) is 1. The molecule has 2 N–H and O–H groups in total. The minimum Gasteiger partial charge on any atom is -0.497 e. The number of rotatable bonds is 6. The Morgan fingerprint density at radius 1 is 1.29 bits per heavy atom. The average Bonchev–Trinajstić information content (AvgIpc) is 3.44. The smallest absolute Gasteiger partial charge is 0.324 e. The Kier molecular flexibility index (Phi) is 5.76. The van der Waals surface area contributed by atoms with Crippen molar-refractivity contribution in [3.05, 3.63) is 24.3 Å². The van der Waals surface area contributed by atoms with E-state index < -0.39 is 0 Å². The maximum absolute atomic E-state index is 12.4. The summed E-state index contributed by atoms with van der Waals surface area (Å²) in [5, 5.41) is 10.6. The molecule has 0 aliphatic carbocycles. The zero-order chi connectivity index (χ0) is 19.3. The Balaban J connectivity index is 1.28. The first-order valence-corrected chi connectivity index (χ1v) is 9.97. The summed E-state index contributed by atoms with van der Waals surface area (Å²) in [7, 11) is 1.64. The highest BCUT2D eigenvalue weighted by Crippen LogP contribution is 2.25. The molecular weight excluding hydrogens is 358 g/mol. The van der Waals surface area contributed by atoms with Crippen LogP contribution in [0.2, 0.25) is 0 Å². The highest BCUT2D eigenvalue weighted by Gasteiger charge is 2.28. The molecular formula is C20H27N5O3. The van der Waals surface area contributed by atoms with Gasteiger partial charge in [0.25, 0.3) is 0 Å². The molecule has 150 valence electrons. The summed E-state index contributed by atoms with van der Waals surface area (Å²) >= 11 is 0. The lowest BCUT2D eigenvalue weighted by Crippen LogP contribution is -2.44. The number of amides is 1. The molecule has 28 heavy (non-hydrogen) atoms. The molecule has 8 nitrogen and oxygen atoms in total. The van der Waals surface area contributed by atoms with Crippen LogP contribution in [0.5, 0.6) is 5.75 Å². The molecule has 1 atom stereocenters. The molecule has 0 spiro atoms. The van der Waals surface area contributed by atoms with Crippen molar-refractivity contribution in [1.29, 1.82) is 0 Å². The Labute approximate surface area is 164 Å². The van der Waals surface area contributed by atoms with Gasteiger partial charge in [0.05, 0.1) is 7.11 Å². The Bertz CT molecular complexity index is 777. The van der Waals surface area contributed by atoms with Gasteiger partial charge in [0.1, 0.15) is 5.75 Å². The number of carbonyl (C=O) groups excluding carboxylic acids is 1. The van der Waals surface area contributed by atoms with E-state index in [9.17, 15) is 4.79 Å². The predicted octanol–water partition coefficient (Wildman–Crippen LogP) is 1.83. The third-order valence-electron chi connectivity index (χ3n) is 5.58. The number of anilines is 1. The van der Waals surface area contributed by atoms with Gasteiger partial charge in [-0.2, -0.15) is 4.98 Å². The van der Waals surface area contributed by atoms with Crippen LogP contribution >= 0.6 is 0 Å². The second kappa shape index (κ2) is 8.60. The van der Waals surface area contributed by atoms with Crippen molar-refractivity contribution in [3.63, 3.8) is 0 Å². The van der Waals surface area contributed by atoms with E-state index in [1.807, 2.05) is 24.3 Å². The number of methoxy groups -OCH3 is 1. The highest BCUT2D eigenvalue weighted by atomic mass is 16.5. The van der Waals surface area contributed by atoms with Crippen molar-refractivity contribution < 1.29 is 14.1 Å². The predicted molar refractivity (Wildman–Crippen MR) is 105 cm³/mol. The summed E-state index contributed by atoms with van der Waals surface area (Å²) in [6.45, 7) is 3.27. The number of carbonyl (C=O) groups is 1. The first-order valence-electron chi connectivity index (χ1n) is 9.97. The van der Waals surface area contributed by atoms with E-state index in [2.05, 4.69) is 25.7 Å². The lowest BCUT2D eigenvalue weighted by Gasteiger charge is -2.30. The van der Waals surface area contributed by atoms with E-state index in [-0.39, 0.29) is 11.8 Å². The van der Waals surface area contributed by atoms with Crippen molar-refractivity contribution >= 4 is 11.9 Å². The molecule has 2 aliphatic rings. The average molecular weight is 385 g/mol. The molecule has 0 bridgehead atoms. The number of hydrogen-bond acceptors (Lipinski definition) is 7. The van der Waals surface area contributed by atoms with Crippen LogP contribution in [0.3, 0.4) is 0 Å². The molecule has 1 aromatic carbocycles. The van der Waals surface area contributed by atoms with Gasteiger partial charge in [-0.1, -0.05) is 5.16 Å². The number of nitrogens with one attached hydrogen (secondary N) is 2. The van der Waals surface area contributed by atoms with Crippen LogP contribution in [-0.4, -0.2) is 55.4 Å². The van der Waals surface area contributed by atoms with E-state index in [1.54, 1.807) is 7.11 Å². The largest absolute Gasteiger partial charge is 0.497 e. The third kappa shape index (κ3) is 4.27. The molecule has 2 fully saturated rings. The first-order chi connectivity index (χ1) is 13.7. The van der Waals surface area contributed by atoms with E-state index in [4.69, 9.17) is 9.26 Å². The fraction of sp³-hybridized carbons (Fsp3) is 0.550. The second-order valence-electron chi connectivity index (χ2n) is 7.43. The quantitative estimate of drug-likeness (QED) is 0.784.